The van der Waals surface area contributed by atoms with E-state index in [1.54, 1.807) is 0 Å². The van der Waals surface area contributed by atoms with E-state index in [0.717, 1.165) is 23.6 Å². The number of hydrogen-bond acceptors (Lipinski definition) is 5. The van der Waals surface area contributed by atoms with Crippen LogP contribution in [0.1, 0.15) is 51.4 Å². The van der Waals surface area contributed by atoms with Crippen LogP contribution in [0.3, 0.4) is 0 Å². The molecule has 0 aliphatic rings. The molecule has 5 heteroatoms. The summed E-state index contributed by atoms with van der Waals surface area (Å²) < 4.78 is 0. The van der Waals surface area contributed by atoms with E-state index < -0.39 is 0 Å². The van der Waals surface area contributed by atoms with Crippen LogP contribution >= 0.6 is 0 Å². The van der Waals surface area contributed by atoms with Crippen LogP contribution in [0.5, 0.6) is 0 Å². The molecule has 19 heavy (non-hydrogen) atoms. The second kappa shape index (κ2) is 6.70. The fourth-order valence-corrected chi connectivity index (χ4v) is 1.82. The van der Waals surface area contributed by atoms with Gasteiger partial charge in [-0.15, -0.1) is 0 Å². The first-order chi connectivity index (χ1) is 8.81. The van der Waals surface area contributed by atoms with Crippen LogP contribution in [0.4, 0.5) is 11.6 Å². The molecule has 1 rings (SSSR count). The normalized spacial score (nSPS) is 13.1. The minimum atomic E-state index is -0.377. The highest BCUT2D eigenvalue weighted by atomic mass is 16.3. The molecule has 1 atom stereocenters. The van der Waals surface area contributed by atoms with E-state index in [2.05, 4.69) is 29.1 Å². The van der Waals surface area contributed by atoms with Crippen LogP contribution in [0.25, 0.3) is 0 Å². The molecule has 0 aliphatic carbocycles. The number of nitrogens with two attached hydrogens (primary N) is 1. The first-order valence-electron chi connectivity index (χ1n) is 6.87. The van der Waals surface area contributed by atoms with Crippen LogP contribution in [-0.4, -0.2) is 27.7 Å². The van der Waals surface area contributed by atoms with Gasteiger partial charge in [0, 0.05) is 18.0 Å². The second-order valence-electron chi connectivity index (χ2n) is 5.76. The fourth-order valence-electron chi connectivity index (χ4n) is 1.82. The van der Waals surface area contributed by atoms with Gasteiger partial charge in [0.2, 0.25) is 0 Å². The Morgan fingerprint density at radius 3 is 2.37 bits per heavy atom. The third kappa shape index (κ3) is 4.67. The Morgan fingerprint density at radius 1 is 1.21 bits per heavy atom. The zero-order valence-corrected chi connectivity index (χ0v) is 12.6. The molecule has 0 bridgehead atoms. The van der Waals surface area contributed by atoms with E-state index >= 15 is 0 Å². The molecule has 0 amide bonds. The Kier molecular flexibility index (Phi) is 5.54. The maximum Gasteiger partial charge on any atom is 0.135 e. The molecule has 0 saturated heterocycles. The zero-order valence-electron chi connectivity index (χ0n) is 12.6. The van der Waals surface area contributed by atoms with Crippen LogP contribution < -0.4 is 11.1 Å². The second-order valence-corrected chi connectivity index (χ2v) is 5.76. The molecule has 4 N–H and O–H groups in total. The summed E-state index contributed by atoms with van der Waals surface area (Å²) in [5.74, 6) is 2.64. The highest BCUT2D eigenvalue weighted by Gasteiger charge is 2.13. The van der Waals surface area contributed by atoms with E-state index in [0.29, 0.717) is 18.3 Å². The largest absolute Gasteiger partial charge is 0.391 e. The Morgan fingerprint density at radius 2 is 1.84 bits per heavy atom. The van der Waals surface area contributed by atoms with Crippen molar-refractivity contribution < 1.29 is 5.11 Å². The summed E-state index contributed by atoms with van der Waals surface area (Å²) in [7, 11) is 0. The third-order valence-electron chi connectivity index (χ3n) is 2.97. The van der Waals surface area contributed by atoms with Gasteiger partial charge in [-0.25, -0.2) is 9.97 Å². The lowest BCUT2D eigenvalue weighted by molar-refractivity contribution is 0.161. The average Bonchev–Trinajstić information content (AvgIpc) is 2.29. The molecule has 0 aliphatic heterocycles. The summed E-state index contributed by atoms with van der Waals surface area (Å²) in [5, 5.41) is 13.1. The lowest BCUT2D eigenvalue weighted by atomic mass is 10.1. The molecule has 0 fully saturated rings. The first-order valence-corrected chi connectivity index (χ1v) is 6.87. The fraction of sp³-hybridized carbons (Fsp3) is 0.714. The standard InChI is InChI=1S/C14H26N4O/c1-8(2)6-11(19)7-16-14-10(5)12(15)17-13(18-14)9(3)4/h8-9,11,19H,6-7H2,1-5H3,(H3,15,16,17,18). The number of rotatable bonds is 6. The number of nitrogens with zero attached hydrogens (tertiary/aromatic N) is 2. The molecule has 1 aromatic heterocycles. The SMILES string of the molecule is Cc1c(N)nc(C(C)C)nc1NCC(O)CC(C)C. The Bertz CT molecular complexity index is 418. The van der Waals surface area contributed by atoms with Gasteiger partial charge >= 0.3 is 0 Å². The molecule has 108 valence electrons. The highest BCUT2D eigenvalue weighted by molar-refractivity contribution is 5.55. The Balaban J connectivity index is 2.77. The van der Waals surface area contributed by atoms with E-state index in [-0.39, 0.29) is 12.0 Å². The van der Waals surface area contributed by atoms with Crippen molar-refractivity contribution in [1.29, 1.82) is 0 Å². The highest BCUT2D eigenvalue weighted by Crippen LogP contribution is 2.21. The molecule has 1 heterocycles. The van der Waals surface area contributed by atoms with Crippen molar-refractivity contribution in [2.24, 2.45) is 5.92 Å². The number of anilines is 2. The predicted molar refractivity (Wildman–Crippen MR) is 79.2 cm³/mol. The van der Waals surface area contributed by atoms with Crippen molar-refractivity contribution in [3.63, 3.8) is 0 Å². The first kappa shape index (κ1) is 15.7. The minimum absolute atomic E-state index is 0.226. The van der Waals surface area contributed by atoms with E-state index in [4.69, 9.17) is 5.73 Å². The molecule has 1 unspecified atom stereocenters. The lowest BCUT2D eigenvalue weighted by Crippen LogP contribution is -2.22. The van der Waals surface area contributed by atoms with Crippen molar-refractivity contribution in [2.75, 3.05) is 17.6 Å². The van der Waals surface area contributed by atoms with Gasteiger partial charge < -0.3 is 16.2 Å². The molecular formula is C14H26N4O. The topological polar surface area (TPSA) is 84.1 Å². The van der Waals surface area contributed by atoms with Gasteiger partial charge in [-0.1, -0.05) is 27.7 Å². The summed E-state index contributed by atoms with van der Waals surface area (Å²) >= 11 is 0. The quantitative estimate of drug-likeness (QED) is 0.736. The minimum Gasteiger partial charge on any atom is -0.391 e. The number of aliphatic hydroxyl groups excluding tert-OH is 1. The molecule has 5 nitrogen and oxygen atoms in total. The number of nitrogens with one attached hydrogen (secondary N) is 1. The molecule has 0 spiro atoms. The van der Waals surface area contributed by atoms with Gasteiger partial charge in [-0.3, -0.25) is 0 Å². The van der Waals surface area contributed by atoms with Crippen molar-refractivity contribution in [2.45, 2.75) is 53.1 Å². The van der Waals surface area contributed by atoms with Crippen molar-refractivity contribution in [3.05, 3.63) is 11.4 Å². The van der Waals surface area contributed by atoms with Crippen LogP contribution in [0.15, 0.2) is 0 Å². The average molecular weight is 266 g/mol. The molecule has 0 radical (unpaired) electrons. The maximum absolute atomic E-state index is 9.88. The van der Waals surface area contributed by atoms with Gasteiger partial charge in [-0.05, 0) is 19.3 Å². The van der Waals surface area contributed by atoms with Crippen LogP contribution in [-0.2, 0) is 0 Å². The molecular weight excluding hydrogens is 240 g/mol. The monoisotopic (exact) mass is 266 g/mol. The van der Waals surface area contributed by atoms with Crippen molar-refractivity contribution >= 4 is 11.6 Å². The van der Waals surface area contributed by atoms with Crippen molar-refractivity contribution in [1.82, 2.24) is 9.97 Å². The van der Waals surface area contributed by atoms with Gasteiger partial charge in [0.1, 0.15) is 17.5 Å². The summed E-state index contributed by atoms with van der Waals surface area (Å²) in [6.07, 6.45) is 0.391. The zero-order chi connectivity index (χ0) is 14.6. The summed E-state index contributed by atoms with van der Waals surface area (Å²) in [6.45, 7) is 10.6. The number of hydrogen-bond donors (Lipinski definition) is 3. The Labute approximate surface area is 115 Å². The van der Waals surface area contributed by atoms with E-state index in [9.17, 15) is 5.11 Å². The third-order valence-corrected chi connectivity index (χ3v) is 2.97. The van der Waals surface area contributed by atoms with Crippen molar-refractivity contribution in [3.8, 4) is 0 Å². The van der Waals surface area contributed by atoms with Gasteiger partial charge in [0.05, 0.1) is 6.10 Å². The van der Waals surface area contributed by atoms with E-state index in [1.165, 1.54) is 0 Å². The lowest BCUT2D eigenvalue weighted by Gasteiger charge is -2.17. The van der Waals surface area contributed by atoms with Gasteiger partial charge in [0.25, 0.3) is 0 Å². The number of nitrogen functional groups attached to an aromatic ring is 1. The van der Waals surface area contributed by atoms with E-state index in [1.807, 2.05) is 20.8 Å². The van der Waals surface area contributed by atoms with Gasteiger partial charge in [0.15, 0.2) is 0 Å². The maximum atomic E-state index is 9.88. The summed E-state index contributed by atoms with van der Waals surface area (Å²) in [6, 6.07) is 0. The molecule has 1 aromatic rings. The molecule has 0 saturated carbocycles. The van der Waals surface area contributed by atoms with Crippen LogP contribution in [0.2, 0.25) is 0 Å². The summed E-state index contributed by atoms with van der Waals surface area (Å²) in [4.78, 5) is 8.74. The number of aromatic nitrogens is 2. The smallest absolute Gasteiger partial charge is 0.135 e. The Hall–Kier alpha value is -1.36. The predicted octanol–water partition coefficient (Wildman–Crippen LogP) is 2.31. The summed E-state index contributed by atoms with van der Waals surface area (Å²) in [5.41, 5.74) is 6.73. The molecule has 0 aromatic carbocycles. The number of aliphatic hydroxyl groups is 1. The van der Waals surface area contributed by atoms with Crippen LogP contribution in [0, 0.1) is 12.8 Å². The van der Waals surface area contributed by atoms with Gasteiger partial charge in [-0.2, -0.15) is 0 Å².